The molecule has 3 heterocycles. The number of carbonyl (C=O) groups excluding carboxylic acids is 1. The number of piperidine rings is 1. The van der Waals surface area contributed by atoms with E-state index < -0.39 is 0 Å². The third-order valence-corrected chi connectivity index (χ3v) is 6.22. The molecule has 2 aliphatic rings. The Morgan fingerprint density at radius 3 is 2.48 bits per heavy atom. The SMILES string of the molecule is O=C(N[C@H](c1ccccc1)c1cccs1)N1CC(N2CCCCC2)C1. The minimum Gasteiger partial charge on any atom is -0.326 e. The van der Waals surface area contributed by atoms with Crippen molar-refractivity contribution in [1.29, 1.82) is 0 Å². The van der Waals surface area contributed by atoms with Crippen LogP contribution in [0.5, 0.6) is 0 Å². The second kappa shape index (κ2) is 7.58. The number of thiophene rings is 1. The standard InChI is InChI=1S/C20H25N3OS/c24-20(23-14-17(15-23)22-11-5-2-6-12-22)21-19(18-10-7-13-25-18)16-8-3-1-4-9-16/h1,3-4,7-10,13,17,19H,2,5-6,11-12,14-15H2,(H,21,24)/t19-/m1/s1. The summed E-state index contributed by atoms with van der Waals surface area (Å²) in [5, 5.41) is 5.30. The number of hydrogen-bond donors (Lipinski definition) is 1. The second-order valence-corrected chi connectivity index (χ2v) is 7.94. The Hall–Kier alpha value is -1.85. The van der Waals surface area contributed by atoms with E-state index >= 15 is 0 Å². The highest BCUT2D eigenvalue weighted by molar-refractivity contribution is 7.10. The van der Waals surface area contributed by atoms with Gasteiger partial charge in [-0.05, 0) is 42.9 Å². The first-order valence-corrected chi connectivity index (χ1v) is 10.1. The van der Waals surface area contributed by atoms with Crippen LogP contribution in [0.15, 0.2) is 47.8 Å². The molecule has 1 aromatic carbocycles. The monoisotopic (exact) mass is 355 g/mol. The Morgan fingerprint density at radius 2 is 1.80 bits per heavy atom. The predicted molar refractivity (Wildman–Crippen MR) is 102 cm³/mol. The molecule has 0 spiro atoms. The molecule has 2 saturated heterocycles. The lowest BCUT2D eigenvalue weighted by Crippen LogP contribution is -2.63. The van der Waals surface area contributed by atoms with Crippen LogP contribution in [-0.4, -0.2) is 48.1 Å². The lowest BCUT2D eigenvalue weighted by molar-refractivity contribution is 0.0446. The molecule has 2 fully saturated rings. The van der Waals surface area contributed by atoms with E-state index in [2.05, 4.69) is 33.8 Å². The fourth-order valence-electron chi connectivity index (χ4n) is 3.77. The number of carbonyl (C=O) groups is 1. The zero-order valence-corrected chi connectivity index (χ0v) is 15.3. The van der Waals surface area contributed by atoms with Crippen LogP contribution in [0.4, 0.5) is 4.79 Å². The van der Waals surface area contributed by atoms with Crippen LogP contribution in [0.25, 0.3) is 0 Å². The van der Waals surface area contributed by atoms with Gasteiger partial charge in [0.05, 0.1) is 6.04 Å². The lowest BCUT2D eigenvalue weighted by Gasteiger charge is -2.46. The minimum atomic E-state index is -0.0669. The Bertz CT molecular complexity index is 676. The highest BCUT2D eigenvalue weighted by Gasteiger charge is 2.36. The molecule has 4 rings (SSSR count). The van der Waals surface area contributed by atoms with Crippen molar-refractivity contribution in [3.63, 3.8) is 0 Å². The summed E-state index contributed by atoms with van der Waals surface area (Å²) in [4.78, 5) is 18.4. The van der Waals surface area contributed by atoms with Gasteiger partial charge in [0.25, 0.3) is 0 Å². The summed E-state index contributed by atoms with van der Waals surface area (Å²) in [5.41, 5.74) is 1.13. The van der Waals surface area contributed by atoms with Gasteiger partial charge in [-0.2, -0.15) is 0 Å². The summed E-state index contributed by atoms with van der Waals surface area (Å²) in [6, 6.07) is 14.9. The van der Waals surface area contributed by atoms with Gasteiger partial charge in [0.15, 0.2) is 0 Å². The summed E-state index contributed by atoms with van der Waals surface area (Å²) in [7, 11) is 0. The van der Waals surface area contributed by atoms with E-state index in [0.29, 0.717) is 6.04 Å². The zero-order valence-electron chi connectivity index (χ0n) is 14.4. The molecule has 0 unspecified atom stereocenters. The van der Waals surface area contributed by atoms with Gasteiger partial charge in [-0.1, -0.05) is 42.8 Å². The molecule has 4 nitrogen and oxygen atoms in total. The maximum atomic E-state index is 12.7. The largest absolute Gasteiger partial charge is 0.326 e. The van der Waals surface area contributed by atoms with E-state index in [1.807, 2.05) is 29.2 Å². The molecular formula is C20H25N3OS. The Labute approximate surface area is 153 Å². The Kier molecular flexibility index (Phi) is 5.04. The highest BCUT2D eigenvalue weighted by atomic mass is 32.1. The Balaban J connectivity index is 1.38. The van der Waals surface area contributed by atoms with Crippen molar-refractivity contribution in [2.24, 2.45) is 0 Å². The number of nitrogens with zero attached hydrogens (tertiary/aromatic N) is 2. The maximum absolute atomic E-state index is 12.7. The second-order valence-electron chi connectivity index (χ2n) is 6.96. The van der Waals surface area contributed by atoms with E-state index in [4.69, 9.17) is 0 Å². The fourth-order valence-corrected chi connectivity index (χ4v) is 4.57. The van der Waals surface area contributed by atoms with Gasteiger partial charge in [0.1, 0.15) is 0 Å². The molecule has 0 radical (unpaired) electrons. The molecule has 2 aromatic rings. The van der Waals surface area contributed by atoms with Crippen LogP contribution in [0.1, 0.15) is 35.7 Å². The van der Waals surface area contributed by atoms with Crippen LogP contribution < -0.4 is 5.32 Å². The van der Waals surface area contributed by atoms with Gasteiger partial charge in [-0.3, -0.25) is 4.90 Å². The third kappa shape index (κ3) is 3.72. The van der Waals surface area contributed by atoms with Crippen molar-refractivity contribution < 1.29 is 4.79 Å². The molecule has 0 bridgehead atoms. The summed E-state index contributed by atoms with van der Waals surface area (Å²) in [6.07, 6.45) is 3.96. The molecular weight excluding hydrogens is 330 g/mol. The molecule has 1 atom stereocenters. The van der Waals surface area contributed by atoms with E-state index in [0.717, 1.165) is 18.7 Å². The molecule has 1 aromatic heterocycles. The van der Waals surface area contributed by atoms with E-state index in [-0.39, 0.29) is 12.1 Å². The van der Waals surface area contributed by atoms with Crippen molar-refractivity contribution in [2.75, 3.05) is 26.2 Å². The fraction of sp³-hybridized carbons (Fsp3) is 0.450. The quantitative estimate of drug-likeness (QED) is 0.907. The number of likely N-dealkylation sites (tertiary alicyclic amines) is 2. The topological polar surface area (TPSA) is 35.6 Å². The van der Waals surface area contributed by atoms with Gasteiger partial charge in [-0.15, -0.1) is 11.3 Å². The maximum Gasteiger partial charge on any atom is 0.318 e. The van der Waals surface area contributed by atoms with Crippen LogP contribution in [0, 0.1) is 0 Å². The van der Waals surface area contributed by atoms with E-state index in [9.17, 15) is 4.79 Å². The normalized spacial score (nSPS) is 20.1. The third-order valence-electron chi connectivity index (χ3n) is 5.28. The molecule has 5 heteroatoms. The van der Waals surface area contributed by atoms with E-state index in [1.54, 1.807) is 11.3 Å². The first-order chi connectivity index (χ1) is 12.3. The molecule has 2 amide bonds. The van der Waals surface area contributed by atoms with Crippen molar-refractivity contribution >= 4 is 17.4 Å². The number of hydrogen-bond acceptors (Lipinski definition) is 3. The number of amides is 2. The summed E-state index contributed by atoms with van der Waals surface area (Å²) in [5.74, 6) is 0. The van der Waals surface area contributed by atoms with Gasteiger partial charge in [0, 0.05) is 24.0 Å². The van der Waals surface area contributed by atoms with Crippen LogP contribution in [-0.2, 0) is 0 Å². The summed E-state index contributed by atoms with van der Waals surface area (Å²) >= 11 is 1.69. The van der Waals surface area contributed by atoms with Crippen molar-refractivity contribution in [3.8, 4) is 0 Å². The van der Waals surface area contributed by atoms with Crippen LogP contribution in [0.2, 0.25) is 0 Å². The average molecular weight is 356 g/mol. The summed E-state index contributed by atoms with van der Waals surface area (Å²) in [6.45, 7) is 4.11. The zero-order chi connectivity index (χ0) is 17.1. The molecule has 0 aliphatic carbocycles. The number of urea groups is 1. The van der Waals surface area contributed by atoms with Crippen molar-refractivity contribution in [2.45, 2.75) is 31.3 Å². The average Bonchev–Trinajstić information content (AvgIpc) is 3.14. The predicted octanol–water partition coefficient (Wildman–Crippen LogP) is 3.72. The molecule has 1 N–H and O–H groups in total. The van der Waals surface area contributed by atoms with Crippen molar-refractivity contribution in [1.82, 2.24) is 15.1 Å². The van der Waals surface area contributed by atoms with Gasteiger partial charge in [0.2, 0.25) is 0 Å². The van der Waals surface area contributed by atoms with Crippen LogP contribution >= 0.6 is 11.3 Å². The first kappa shape index (κ1) is 16.6. The van der Waals surface area contributed by atoms with E-state index in [1.165, 1.54) is 37.2 Å². The van der Waals surface area contributed by atoms with Gasteiger partial charge in [-0.25, -0.2) is 4.79 Å². The Morgan fingerprint density at radius 1 is 1.04 bits per heavy atom. The number of nitrogens with one attached hydrogen (secondary N) is 1. The number of rotatable bonds is 4. The highest BCUT2D eigenvalue weighted by Crippen LogP contribution is 2.27. The lowest BCUT2D eigenvalue weighted by atomic mass is 10.0. The molecule has 0 saturated carbocycles. The van der Waals surface area contributed by atoms with Crippen molar-refractivity contribution in [3.05, 3.63) is 58.3 Å². The number of benzene rings is 1. The van der Waals surface area contributed by atoms with Gasteiger partial charge < -0.3 is 10.2 Å². The first-order valence-electron chi connectivity index (χ1n) is 9.19. The molecule has 132 valence electrons. The molecule has 25 heavy (non-hydrogen) atoms. The minimum absolute atomic E-state index is 0.0514. The molecule has 2 aliphatic heterocycles. The van der Waals surface area contributed by atoms with Gasteiger partial charge >= 0.3 is 6.03 Å². The summed E-state index contributed by atoms with van der Waals surface area (Å²) < 4.78 is 0. The van der Waals surface area contributed by atoms with Crippen LogP contribution in [0.3, 0.4) is 0 Å². The smallest absolute Gasteiger partial charge is 0.318 e.